The van der Waals surface area contributed by atoms with Crippen LogP contribution in [-0.4, -0.2) is 27.5 Å². The maximum atomic E-state index is 11.5. The number of nitro benzene ring substituents is 1. The van der Waals surface area contributed by atoms with Gasteiger partial charge in [-0.15, -0.1) is 0 Å². The maximum absolute atomic E-state index is 11.5. The van der Waals surface area contributed by atoms with Gasteiger partial charge in [-0.25, -0.2) is 0 Å². The average molecular weight is 291 g/mol. The van der Waals surface area contributed by atoms with Gasteiger partial charge in [-0.05, 0) is 20.8 Å². The number of aromatic amines is 2. The first-order chi connectivity index (χ1) is 9.61. The highest BCUT2D eigenvalue weighted by Gasteiger charge is 2.23. The monoisotopic (exact) mass is 291 g/mol. The summed E-state index contributed by atoms with van der Waals surface area (Å²) in [6, 6.07) is 2.55. The zero-order chi connectivity index (χ0) is 15.9. The topological polar surface area (TPSA) is 112 Å². The van der Waals surface area contributed by atoms with Gasteiger partial charge in [0.05, 0.1) is 21.6 Å². The summed E-state index contributed by atoms with van der Waals surface area (Å²) >= 11 is 0. The normalized spacial score (nSPS) is 11.6. The number of non-ortho nitro benzene ring substituents is 1. The van der Waals surface area contributed by atoms with Crippen molar-refractivity contribution in [2.45, 2.75) is 19.4 Å². The minimum Gasteiger partial charge on any atom is -0.368 e. The molecule has 1 heterocycles. The number of H-pyrrole nitrogens is 2. The Hall–Kier alpha value is -2.64. The summed E-state index contributed by atoms with van der Waals surface area (Å²) in [6.07, 6.45) is 0. The van der Waals surface area contributed by atoms with Crippen molar-refractivity contribution in [1.29, 1.82) is 0 Å². The highest BCUT2D eigenvalue weighted by Crippen LogP contribution is 2.31. The number of hydrogen-bond acceptors (Lipinski definition) is 5. The summed E-state index contributed by atoms with van der Waals surface area (Å²) in [7, 11) is 1.70. The van der Waals surface area contributed by atoms with E-state index in [4.69, 9.17) is 0 Å². The molecule has 111 valence electrons. The van der Waals surface area contributed by atoms with Crippen molar-refractivity contribution in [3.05, 3.63) is 49.9 Å². The molecule has 0 aliphatic carbocycles. The van der Waals surface area contributed by atoms with E-state index in [1.807, 2.05) is 13.8 Å². The number of nitrogens with zero attached hydrogens (tertiary/aromatic N) is 2. The van der Waals surface area contributed by atoms with Gasteiger partial charge in [0.25, 0.3) is 5.69 Å². The SMILES string of the molecule is [CH2]C(C)(C)N(C)c1cc([N+](=O)[O-])cc2[nH]c(=O)c(=O)[nH]c12. The maximum Gasteiger partial charge on any atom is 0.314 e. The minimum absolute atomic E-state index is 0.184. The standard InChI is InChI=1S/C13H15N4O4/c1-13(2,3)16(4)9-6-7(17(20)21)5-8-10(9)15-12(19)11(18)14-8/h5-6H,1H2,2-4H3,(H,14,18)(H,15,19). The Morgan fingerprint density at radius 1 is 1.24 bits per heavy atom. The summed E-state index contributed by atoms with van der Waals surface area (Å²) in [5.41, 5.74) is -1.50. The van der Waals surface area contributed by atoms with Gasteiger partial charge in [-0.2, -0.15) is 0 Å². The molecule has 21 heavy (non-hydrogen) atoms. The number of fused-ring (bicyclic) bond motifs is 1. The molecule has 8 nitrogen and oxygen atoms in total. The lowest BCUT2D eigenvalue weighted by atomic mass is 10.0. The lowest BCUT2D eigenvalue weighted by molar-refractivity contribution is -0.384. The molecule has 0 fully saturated rings. The molecule has 0 saturated carbocycles. The molecule has 0 spiro atoms. The molecule has 0 aliphatic rings. The highest BCUT2D eigenvalue weighted by molar-refractivity contribution is 5.90. The van der Waals surface area contributed by atoms with Gasteiger partial charge < -0.3 is 14.9 Å². The Balaban J connectivity index is 2.89. The van der Waals surface area contributed by atoms with Crippen molar-refractivity contribution in [2.75, 3.05) is 11.9 Å². The van der Waals surface area contributed by atoms with E-state index in [1.165, 1.54) is 12.1 Å². The minimum atomic E-state index is -0.856. The van der Waals surface area contributed by atoms with Gasteiger partial charge in [0.2, 0.25) is 0 Å². The van der Waals surface area contributed by atoms with Crippen LogP contribution in [-0.2, 0) is 0 Å². The highest BCUT2D eigenvalue weighted by atomic mass is 16.6. The van der Waals surface area contributed by atoms with Gasteiger partial charge in [0.1, 0.15) is 0 Å². The first-order valence-electron chi connectivity index (χ1n) is 6.15. The molecule has 0 aliphatic heterocycles. The van der Waals surface area contributed by atoms with Crippen LogP contribution in [0.1, 0.15) is 13.8 Å². The summed E-state index contributed by atoms with van der Waals surface area (Å²) < 4.78 is 0. The molecule has 2 N–H and O–H groups in total. The second kappa shape index (κ2) is 4.72. The molecule has 0 atom stereocenters. The van der Waals surface area contributed by atoms with Gasteiger partial charge in [0.15, 0.2) is 0 Å². The molecular formula is C13H15N4O4. The number of aromatic nitrogens is 2. The molecule has 2 rings (SSSR count). The summed E-state index contributed by atoms with van der Waals surface area (Å²) in [4.78, 5) is 39.9. The van der Waals surface area contributed by atoms with E-state index in [9.17, 15) is 19.7 Å². The number of nitro groups is 1. The third kappa shape index (κ3) is 2.64. The molecule has 1 aromatic carbocycles. The van der Waals surface area contributed by atoms with E-state index in [1.54, 1.807) is 11.9 Å². The van der Waals surface area contributed by atoms with Gasteiger partial charge in [0, 0.05) is 24.7 Å². The van der Waals surface area contributed by atoms with Crippen LogP contribution < -0.4 is 16.0 Å². The van der Waals surface area contributed by atoms with E-state index in [0.29, 0.717) is 11.2 Å². The Bertz CT molecular complexity index is 829. The van der Waals surface area contributed by atoms with E-state index in [2.05, 4.69) is 16.9 Å². The van der Waals surface area contributed by atoms with Crippen molar-refractivity contribution in [1.82, 2.24) is 9.97 Å². The van der Waals surface area contributed by atoms with Crippen LogP contribution in [0.25, 0.3) is 11.0 Å². The molecule has 8 heteroatoms. The second-order valence-corrected chi connectivity index (χ2v) is 5.42. The zero-order valence-electron chi connectivity index (χ0n) is 11.9. The summed E-state index contributed by atoms with van der Waals surface area (Å²) in [5.74, 6) is 0. The Kier molecular flexibility index (Phi) is 3.32. The number of hydrogen-bond donors (Lipinski definition) is 2. The molecule has 0 amide bonds. The summed E-state index contributed by atoms with van der Waals surface area (Å²) in [5, 5.41) is 11.0. The van der Waals surface area contributed by atoms with Gasteiger partial charge in [-0.3, -0.25) is 19.7 Å². The van der Waals surface area contributed by atoms with Crippen LogP contribution in [0.15, 0.2) is 21.7 Å². The van der Waals surface area contributed by atoms with E-state index < -0.39 is 21.6 Å². The largest absolute Gasteiger partial charge is 0.368 e. The van der Waals surface area contributed by atoms with Gasteiger partial charge >= 0.3 is 11.1 Å². The molecule has 1 aromatic heterocycles. The Morgan fingerprint density at radius 2 is 1.81 bits per heavy atom. The first-order valence-corrected chi connectivity index (χ1v) is 6.15. The van der Waals surface area contributed by atoms with Gasteiger partial charge in [-0.1, -0.05) is 0 Å². The molecule has 2 aromatic rings. The van der Waals surface area contributed by atoms with E-state index >= 15 is 0 Å². The third-order valence-electron chi connectivity index (χ3n) is 3.28. The second-order valence-electron chi connectivity index (χ2n) is 5.42. The van der Waals surface area contributed by atoms with Crippen LogP contribution in [0.3, 0.4) is 0 Å². The van der Waals surface area contributed by atoms with E-state index in [-0.39, 0.29) is 11.2 Å². The molecule has 0 unspecified atom stereocenters. The van der Waals surface area contributed by atoms with Crippen molar-refractivity contribution in [2.24, 2.45) is 0 Å². The fourth-order valence-corrected chi connectivity index (χ4v) is 1.89. The Labute approximate surface area is 119 Å². The molecule has 1 radical (unpaired) electrons. The van der Waals surface area contributed by atoms with Crippen LogP contribution in [0.2, 0.25) is 0 Å². The lowest BCUT2D eigenvalue weighted by Gasteiger charge is -2.34. The smallest absolute Gasteiger partial charge is 0.314 e. The quantitative estimate of drug-likeness (QED) is 0.501. The van der Waals surface area contributed by atoms with Crippen molar-refractivity contribution in [3.8, 4) is 0 Å². The predicted octanol–water partition coefficient (Wildman–Crippen LogP) is 1.17. The van der Waals surface area contributed by atoms with Crippen LogP contribution in [0.4, 0.5) is 11.4 Å². The predicted molar refractivity (Wildman–Crippen MR) is 79.7 cm³/mol. The van der Waals surface area contributed by atoms with E-state index in [0.717, 1.165) is 0 Å². The fraction of sp³-hybridized carbons (Fsp3) is 0.308. The molecular weight excluding hydrogens is 276 g/mol. The van der Waals surface area contributed by atoms with Crippen LogP contribution in [0, 0.1) is 17.0 Å². The first kappa shape index (κ1) is 14.8. The van der Waals surface area contributed by atoms with Crippen molar-refractivity contribution >= 4 is 22.4 Å². The fourth-order valence-electron chi connectivity index (χ4n) is 1.89. The lowest BCUT2D eigenvalue weighted by Crippen LogP contribution is -2.39. The van der Waals surface area contributed by atoms with Crippen molar-refractivity contribution in [3.63, 3.8) is 0 Å². The zero-order valence-corrected chi connectivity index (χ0v) is 11.9. The average Bonchev–Trinajstić information content (AvgIpc) is 2.37. The van der Waals surface area contributed by atoms with Crippen LogP contribution in [0.5, 0.6) is 0 Å². The van der Waals surface area contributed by atoms with Crippen LogP contribution >= 0.6 is 0 Å². The number of benzene rings is 1. The number of nitrogens with one attached hydrogen (secondary N) is 2. The Morgan fingerprint density at radius 3 is 2.33 bits per heavy atom. The third-order valence-corrected chi connectivity index (χ3v) is 3.28. The molecule has 0 bridgehead atoms. The summed E-state index contributed by atoms with van der Waals surface area (Å²) in [6.45, 7) is 7.60. The molecule has 0 saturated heterocycles. The van der Waals surface area contributed by atoms with Crippen molar-refractivity contribution < 1.29 is 4.92 Å². The number of rotatable bonds is 3. The number of anilines is 1.